The fourth-order valence-corrected chi connectivity index (χ4v) is 4.68. The number of Topliss-reactive ketones (excluding diaryl/α,β-unsaturated/α-hetero) is 1. The Kier molecular flexibility index (Phi) is 7.24. The molecule has 2 heterocycles. The van der Waals surface area contributed by atoms with E-state index in [2.05, 4.69) is 11.1 Å². The Balaban J connectivity index is 1.47. The van der Waals surface area contributed by atoms with E-state index in [1.54, 1.807) is 73.1 Å². The summed E-state index contributed by atoms with van der Waals surface area (Å²) in [5.74, 6) is -1.04. The van der Waals surface area contributed by atoms with Gasteiger partial charge in [0, 0.05) is 29.5 Å². The zero-order chi connectivity index (χ0) is 26.6. The van der Waals surface area contributed by atoms with Gasteiger partial charge in [-0.15, -0.1) is 0 Å². The van der Waals surface area contributed by atoms with Crippen molar-refractivity contribution in [2.75, 3.05) is 0 Å². The first-order chi connectivity index (χ1) is 18.4. The van der Waals surface area contributed by atoms with E-state index in [1.807, 2.05) is 25.1 Å². The van der Waals surface area contributed by atoms with E-state index in [4.69, 9.17) is 16.3 Å². The van der Waals surface area contributed by atoms with Crippen LogP contribution in [0.3, 0.4) is 0 Å². The van der Waals surface area contributed by atoms with Gasteiger partial charge in [-0.3, -0.25) is 14.6 Å². The maximum Gasteiger partial charge on any atom is 0.295 e. The summed E-state index contributed by atoms with van der Waals surface area (Å²) >= 11 is 6.10. The predicted molar refractivity (Wildman–Crippen MR) is 145 cm³/mol. The topological polar surface area (TPSA) is 79.7 Å². The summed E-state index contributed by atoms with van der Waals surface area (Å²) in [5.41, 5.74) is 4.13. The molecule has 1 aromatic heterocycles. The third kappa shape index (κ3) is 5.31. The fraction of sp³-hybridized carbons (Fsp3) is 0.129. The van der Waals surface area contributed by atoms with E-state index in [0.29, 0.717) is 28.5 Å². The van der Waals surface area contributed by atoms with Crippen molar-refractivity contribution < 1.29 is 19.4 Å². The number of aliphatic hydroxyl groups excluding tert-OH is 1. The molecule has 0 spiro atoms. The third-order valence-corrected chi connectivity index (χ3v) is 6.70. The molecule has 3 aromatic carbocycles. The minimum Gasteiger partial charge on any atom is -0.507 e. The van der Waals surface area contributed by atoms with Gasteiger partial charge in [0.05, 0.1) is 11.6 Å². The number of nitrogens with zero attached hydrogens (tertiary/aromatic N) is 2. The van der Waals surface area contributed by atoms with Gasteiger partial charge in [0.25, 0.3) is 11.7 Å². The monoisotopic (exact) mass is 524 g/mol. The first-order valence-corrected chi connectivity index (χ1v) is 12.5. The molecule has 7 heteroatoms. The second-order valence-electron chi connectivity index (χ2n) is 9.14. The van der Waals surface area contributed by atoms with Crippen LogP contribution < -0.4 is 4.74 Å². The van der Waals surface area contributed by atoms with Gasteiger partial charge in [0.2, 0.25) is 0 Å². The largest absolute Gasteiger partial charge is 0.507 e. The number of ether oxygens (including phenoxy) is 1. The van der Waals surface area contributed by atoms with Crippen molar-refractivity contribution in [2.45, 2.75) is 26.1 Å². The predicted octanol–water partition coefficient (Wildman–Crippen LogP) is 6.24. The normalized spacial score (nSPS) is 16.6. The van der Waals surface area contributed by atoms with E-state index in [1.165, 1.54) is 4.90 Å². The molecule has 1 unspecified atom stereocenters. The van der Waals surface area contributed by atoms with E-state index in [9.17, 15) is 14.7 Å². The van der Waals surface area contributed by atoms with Gasteiger partial charge in [-0.1, -0.05) is 53.6 Å². The lowest BCUT2D eigenvalue weighted by molar-refractivity contribution is -0.140. The van der Waals surface area contributed by atoms with Gasteiger partial charge in [-0.05, 0) is 72.1 Å². The summed E-state index contributed by atoms with van der Waals surface area (Å²) in [6.45, 7) is 2.62. The van der Waals surface area contributed by atoms with Crippen LogP contribution in [0.25, 0.3) is 5.76 Å². The van der Waals surface area contributed by atoms with Crippen LogP contribution in [-0.4, -0.2) is 26.7 Å². The molecule has 0 saturated carbocycles. The van der Waals surface area contributed by atoms with Crippen LogP contribution in [0.2, 0.25) is 5.02 Å². The van der Waals surface area contributed by atoms with Crippen molar-refractivity contribution >= 4 is 29.1 Å². The molecule has 0 radical (unpaired) electrons. The number of aliphatic hydroxyl groups is 1. The second kappa shape index (κ2) is 10.9. The Morgan fingerprint density at radius 3 is 2.34 bits per heavy atom. The number of aromatic nitrogens is 1. The molecule has 6 nitrogen and oxygen atoms in total. The number of halogens is 1. The Hall–Kier alpha value is -4.42. The van der Waals surface area contributed by atoms with E-state index in [-0.39, 0.29) is 17.9 Å². The standard InChI is InChI=1S/C31H25ClN2O4/c1-20-3-2-4-22(17-20)19-38-26-11-7-24(8-12-26)29(35)27-28(23-5-9-25(32)10-6-23)34(31(37)30(27)36)18-21-13-15-33-16-14-21/h2-17,28,35H,18-19H2,1H3/b29-27+. The molecule has 1 fully saturated rings. The van der Waals surface area contributed by atoms with Gasteiger partial charge >= 0.3 is 0 Å². The summed E-state index contributed by atoms with van der Waals surface area (Å²) < 4.78 is 5.89. The van der Waals surface area contributed by atoms with Gasteiger partial charge < -0.3 is 14.7 Å². The Morgan fingerprint density at radius 1 is 0.947 bits per heavy atom. The van der Waals surface area contributed by atoms with Gasteiger partial charge in [-0.25, -0.2) is 0 Å². The van der Waals surface area contributed by atoms with Crippen LogP contribution >= 0.6 is 11.6 Å². The number of aryl methyl sites for hydroxylation is 1. The number of likely N-dealkylation sites (tertiary alicyclic amines) is 1. The summed E-state index contributed by atoms with van der Waals surface area (Å²) in [6, 6.07) is 24.6. The molecule has 5 rings (SSSR count). The number of hydrogen-bond donors (Lipinski definition) is 1. The van der Waals surface area contributed by atoms with Crippen molar-refractivity contribution in [2.24, 2.45) is 0 Å². The molecule has 1 aliphatic heterocycles. The minimum absolute atomic E-state index is 0.0276. The molecular weight excluding hydrogens is 500 g/mol. The van der Waals surface area contributed by atoms with Gasteiger partial charge in [-0.2, -0.15) is 0 Å². The number of benzene rings is 3. The Labute approximate surface area is 225 Å². The quantitative estimate of drug-likeness (QED) is 0.176. The lowest BCUT2D eigenvalue weighted by Crippen LogP contribution is -2.29. The molecule has 38 heavy (non-hydrogen) atoms. The average molecular weight is 525 g/mol. The SMILES string of the molecule is Cc1cccc(COc2ccc(/C(O)=C3\C(=O)C(=O)N(Cc4ccncc4)C3c3ccc(Cl)cc3)cc2)c1. The van der Waals surface area contributed by atoms with Crippen LogP contribution in [0.4, 0.5) is 0 Å². The van der Waals surface area contributed by atoms with Crippen LogP contribution in [-0.2, 0) is 22.7 Å². The number of carbonyl (C=O) groups excluding carboxylic acids is 2. The smallest absolute Gasteiger partial charge is 0.295 e. The maximum atomic E-state index is 13.3. The molecule has 0 bridgehead atoms. The lowest BCUT2D eigenvalue weighted by Gasteiger charge is -2.25. The Morgan fingerprint density at radius 2 is 1.66 bits per heavy atom. The van der Waals surface area contributed by atoms with Crippen LogP contribution in [0.1, 0.15) is 33.9 Å². The molecule has 1 saturated heterocycles. The highest BCUT2D eigenvalue weighted by molar-refractivity contribution is 6.46. The minimum atomic E-state index is -0.780. The van der Waals surface area contributed by atoms with Crippen molar-refractivity contribution in [1.82, 2.24) is 9.88 Å². The van der Waals surface area contributed by atoms with Gasteiger partial charge in [0.15, 0.2) is 0 Å². The first-order valence-electron chi connectivity index (χ1n) is 12.1. The van der Waals surface area contributed by atoms with Crippen LogP contribution in [0, 0.1) is 6.92 Å². The summed E-state index contributed by atoms with van der Waals surface area (Å²) in [4.78, 5) is 31.9. The number of pyridine rings is 1. The highest BCUT2D eigenvalue weighted by Gasteiger charge is 2.46. The molecule has 190 valence electrons. The maximum absolute atomic E-state index is 13.3. The zero-order valence-corrected chi connectivity index (χ0v) is 21.4. The Bertz CT molecular complexity index is 1500. The van der Waals surface area contributed by atoms with Crippen molar-refractivity contribution in [3.63, 3.8) is 0 Å². The summed E-state index contributed by atoms with van der Waals surface area (Å²) in [6.07, 6.45) is 3.26. The summed E-state index contributed by atoms with van der Waals surface area (Å²) in [7, 11) is 0. The van der Waals surface area contributed by atoms with Crippen LogP contribution in [0.5, 0.6) is 5.75 Å². The number of amides is 1. The van der Waals surface area contributed by atoms with Crippen molar-refractivity contribution in [3.8, 4) is 5.75 Å². The number of carbonyl (C=O) groups is 2. The highest BCUT2D eigenvalue weighted by Crippen LogP contribution is 2.40. The van der Waals surface area contributed by atoms with E-state index < -0.39 is 17.7 Å². The number of rotatable bonds is 7. The van der Waals surface area contributed by atoms with Crippen molar-refractivity contribution in [1.29, 1.82) is 0 Å². The second-order valence-corrected chi connectivity index (χ2v) is 9.57. The first kappa shape index (κ1) is 25.2. The number of hydrogen-bond acceptors (Lipinski definition) is 5. The van der Waals surface area contributed by atoms with Crippen molar-refractivity contribution in [3.05, 3.63) is 136 Å². The molecule has 0 aliphatic carbocycles. The molecule has 1 atom stereocenters. The van der Waals surface area contributed by atoms with E-state index >= 15 is 0 Å². The molecule has 1 amide bonds. The zero-order valence-electron chi connectivity index (χ0n) is 20.7. The molecule has 4 aromatic rings. The molecule has 1 aliphatic rings. The number of ketones is 1. The molecular formula is C31H25ClN2O4. The third-order valence-electron chi connectivity index (χ3n) is 6.44. The van der Waals surface area contributed by atoms with E-state index in [0.717, 1.165) is 16.7 Å². The highest BCUT2D eigenvalue weighted by atomic mass is 35.5. The average Bonchev–Trinajstić information content (AvgIpc) is 3.18. The van der Waals surface area contributed by atoms with Crippen LogP contribution in [0.15, 0.2) is 103 Å². The molecule has 1 N–H and O–H groups in total. The fourth-order valence-electron chi connectivity index (χ4n) is 4.55. The van der Waals surface area contributed by atoms with Gasteiger partial charge in [0.1, 0.15) is 18.1 Å². The lowest BCUT2D eigenvalue weighted by atomic mass is 9.95. The summed E-state index contributed by atoms with van der Waals surface area (Å²) in [5, 5.41) is 11.8.